The molecule has 2 nitrogen and oxygen atoms in total. The van der Waals surface area contributed by atoms with E-state index < -0.39 is 0 Å². The van der Waals surface area contributed by atoms with Crippen LogP contribution in [0.1, 0.15) is 37.7 Å². The first-order valence-electron chi connectivity index (χ1n) is 4.22. The van der Waals surface area contributed by atoms with Gasteiger partial charge in [0.1, 0.15) is 0 Å². The molecule has 0 atom stereocenters. The van der Waals surface area contributed by atoms with Gasteiger partial charge < -0.3 is 0 Å². The average molecular weight is 164 g/mol. The molecule has 0 unspecified atom stereocenters. The maximum absolute atomic E-state index is 4.16. The largest absolute Gasteiger partial charge is 0.155 e. The van der Waals surface area contributed by atoms with Gasteiger partial charge in [0, 0.05) is 5.41 Å². The van der Waals surface area contributed by atoms with Crippen molar-refractivity contribution in [3.8, 4) is 0 Å². The third-order valence-corrected chi connectivity index (χ3v) is 2.00. The van der Waals surface area contributed by atoms with E-state index in [4.69, 9.17) is 0 Å². The van der Waals surface area contributed by atoms with Crippen LogP contribution < -0.4 is 0 Å². The molecule has 0 aliphatic carbocycles. The molecule has 0 aliphatic heterocycles. The van der Waals surface area contributed by atoms with Crippen molar-refractivity contribution in [3.63, 3.8) is 0 Å². The van der Waals surface area contributed by atoms with E-state index in [1.165, 1.54) is 5.56 Å². The van der Waals surface area contributed by atoms with Gasteiger partial charge >= 0.3 is 0 Å². The Kier molecular flexibility index (Phi) is 2.18. The second-order valence-corrected chi connectivity index (χ2v) is 4.25. The van der Waals surface area contributed by atoms with Crippen LogP contribution in [0.15, 0.2) is 6.07 Å². The van der Waals surface area contributed by atoms with Crippen molar-refractivity contribution in [1.82, 2.24) is 10.2 Å². The molecule has 1 rings (SSSR count). The minimum atomic E-state index is 0.103. The number of hydrogen-bond donors (Lipinski definition) is 0. The van der Waals surface area contributed by atoms with Crippen molar-refractivity contribution in [2.45, 2.75) is 40.0 Å². The molecule has 0 radical (unpaired) electrons. The summed E-state index contributed by atoms with van der Waals surface area (Å²) in [5.74, 6) is 0. The van der Waals surface area contributed by atoms with Crippen molar-refractivity contribution < 1.29 is 0 Å². The Morgan fingerprint density at radius 2 is 1.67 bits per heavy atom. The smallest absolute Gasteiger partial charge is 0.0687 e. The van der Waals surface area contributed by atoms with E-state index in [9.17, 15) is 0 Å². The van der Waals surface area contributed by atoms with Crippen LogP contribution in [0.2, 0.25) is 0 Å². The highest BCUT2D eigenvalue weighted by Crippen LogP contribution is 2.20. The van der Waals surface area contributed by atoms with Crippen LogP contribution in [0.3, 0.4) is 0 Å². The summed E-state index contributed by atoms with van der Waals surface area (Å²) in [5.41, 5.74) is 3.40. The molecule has 1 aromatic rings. The summed E-state index contributed by atoms with van der Waals surface area (Å²) in [6, 6.07) is 2.11. The van der Waals surface area contributed by atoms with Crippen LogP contribution in [-0.2, 0) is 5.41 Å². The van der Waals surface area contributed by atoms with Crippen molar-refractivity contribution in [1.29, 1.82) is 0 Å². The van der Waals surface area contributed by atoms with Gasteiger partial charge in [-0.15, -0.1) is 0 Å². The summed E-state index contributed by atoms with van der Waals surface area (Å²) in [5, 5.41) is 8.26. The first-order chi connectivity index (χ1) is 5.41. The Labute approximate surface area is 74.0 Å². The fraction of sp³-hybridized carbons (Fsp3) is 0.600. The molecule has 2 heteroatoms. The van der Waals surface area contributed by atoms with Gasteiger partial charge in [0.05, 0.1) is 11.4 Å². The van der Waals surface area contributed by atoms with E-state index in [1.807, 2.05) is 6.92 Å². The summed E-state index contributed by atoms with van der Waals surface area (Å²) < 4.78 is 0. The van der Waals surface area contributed by atoms with Crippen LogP contribution in [-0.4, -0.2) is 10.2 Å². The highest BCUT2D eigenvalue weighted by atomic mass is 15.1. The van der Waals surface area contributed by atoms with Crippen molar-refractivity contribution in [2.75, 3.05) is 0 Å². The summed E-state index contributed by atoms with van der Waals surface area (Å²) in [6.07, 6.45) is 0. The van der Waals surface area contributed by atoms with Gasteiger partial charge in [0.15, 0.2) is 0 Å². The van der Waals surface area contributed by atoms with Gasteiger partial charge in [-0.05, 0) is 25.5 Å². The lowest BCUT2D eigenvalue weighted by Gasteiger charge is -2.17. The minimum Gasteiger partial charge on any atom is -0.155 e. The third-order valence-electron chi connectivity index (χ3n) is 2.00. The number of aryl methyl sites for hydroxylation is 2. The molecule has 0 aromatic carbocycles. The normalized spacial score (nSPS) is 11.8. The molecule has 1 heterocycles. The Bertz CT molecular complexity index is 284. The standard InChI is InChI=1S/C10H16N2/c1-7-6-9(10(3,4)5)12-11-8(7)2/h6H,1-5H3. The highest BCUT2D eigenvalue weighted by Gasteiger charge is 2.16. The molecule has 12 heavy (non-hydrogen) atoms. The van der Waals surface area contributed by atoms with Gasteiger partial charge in [0.25, 0.3) is 0 Å². The number of nitrogens with zero attached hydrogens (tertiary/aromatic N) is 2. The molecular weight excluding hydrogens is 148 g/mol. The first-order valence-corrected chi connectivity index (χ1v) is 4.22. The Hall–Kier alpha value is -0.920. The fourth-order valence-electron chi connectivity index (χ4n) is 0.913. The SMILES string of the molecule is Cc1cc(C(C)(C)C)nnc1C. The maximum Gasteiger partial charge on any atom is 0.0687 e. The number of hydrogen-bond acceptors (Lipinski definition) is 2. The van der Waals surface area contributed by atoms with E-state index in [1.54, 1.807) is 0 Å². The quantitative estimate of drug-likeness (QED) is 0.588. The van der Waals surface area contributed by atoms with E-state index in [2.05, 4.69) is 44.0 Å². The average Bonchev–Trinajstić information content (AvgIpc) is 1.92. The van der Waals surface area contributed by atoms with Crippen molar-refractivity contribution >= 4 is 0 Å². The lowest BCUT2D eigenvalue weighted by atomic mass is 9.91. The number of rotatable bonds is 0. The first kappa shape index (κ1) is 9.17. The summed E-state index contributed by atoms with van der Waals surface area (Å²) in [6.45, 7) is 10.5. The van der Waals surface area contributed by atoms with Gasteiger partial charge in [-0.25, -0.2) is 0 Å². The Morgan fingerprint density at radius 1 is 1.08 bits per heavy atom. The second kappa shape index (κ2) is 2.85. The molecule has 66 valence electrons. The molecule has 0 aliphatic rings. The Balaban J connectivity index is 3.14. The van der Waals surface area contributed by atoms with Crippen LogP contribution >= 0.6 is 0 Å². The molecule has 0 amide bonds. The van der Waals surface area contributed by atoms with Gasteiger partial charge in [-0.1, -0.05) is 20.8 Å². The maximum atomic E-state index is 4.16. The van der Waals surface area contributed by atoms with Gasteiger partial charge in [-0.3, -0.25) is 0 Å². The van der Waals surface area contributed by atoms with Crippen LogP contribution in [0.5, 0.6) is 0 Å². The predicted molar refractivity (Wildman–Crippen MR) is 50.2 cm³/mol. The van der Waals surface area contributed by atoms with Gasteiger partial charge in [-0.2, -0.15) is 10.2 Å². The molecule has 1 aromatic heterocycles. The molecule has 0 saturated heterocycles. The van der Waals surface area contributed by atoms with Crippen LogP contribution in [0.4, 0.5) is 0 Å². The summed E-state index contributed by atoms with van der Waals surface area (Å²) in [7, 11) is 0. The van der Waals surface area contributed by atoms with E-state index >= 15 is 0 Å². The van der Waals surface area contributed by atoms with Crippen molar-refractivity contribution in [3.05, 3.63) is 23.0 Å². The minimum absolute atomic E-state index is 0.103. The zero-order valence-electron chi connectivity index (χ0n) is 8.47. The van der Waals surface area contributed by atoms with Crippen LogP contribution in [0, 0.1) is 13.8 Å². The van der Waals surface area contributed by atoms with E-state index in [0.717, 1.165) is 11.4 Å². The third kappa shape index (κ3) is 1.81. The molecule has 0 spiro atoms. The zero-order valence-corrected chi connectivity index (χ0v) is 8.47. The monoisotopic (exact) mass is 164 g/mol. The summed E-state index contributed by atoms with van der Waals surface area (Å²) >= 11 is 0. The molecule has 0 saturated carbocycles. The second-order valence-electron chi connectivity index (χ2n) is 4.25. The number of aromatic nitrogens is 2. The Morgan fingerprint density at radius 3 is 2.08 bits per heavy atom. The summed E-state index contributed by atoms with van der Waals surface area (Å²) in [4.78, 5) is 0. The fourth-order valence-corrected chi connectivity index (χ4v) is 0.913. The van der Waals surface area contributed by atoms with Gasteiger partial charge in [0.2, 0.25) is 0 Å². The molecule has 0 N–H and O–H groups in total. The molecular formula is C10H16N2. The lowest BCUT2D eigenvalue weighted by molar-refractivity contribution is 0.556. The highest BCUT2D eigenvalue weighted by molar-refractivity contribution is 5.22. The predicted octanol–water partition coefficient (Wildman–Crippen LogP) is 2.39. The van der Waals surface area contributed by atoms with Crippen LogP contribution in [0.25, 0.3) is 0 Å². The molecule has 0 bridgehead atoms. The van der Waals surface area contributed by atoms with E-state index in [-0.39, 0.29) is 5.41 Å². The lowest BCUT2D eigenvalue weighted by Crippen LogP contribution is -2.15. The molecule has 0 fully saturated rings. The topological polar surface area (TPSA) is 25.8 Å². The zero-order chi connectivity index (χ0) is 9.35. The van der Waals surface area contributed by atoms with E-state index in [0.29, 0.717) is 0 Å². The van der Waals surface area contributed by atoms with Crippen molar-refractivity contribution in [2.24, 2.45) is 0 Å².